The molecule has 0 fully saturated rings. The predicted molar refractivity (Wildman–Crippen MR) is 146 cm³/mol. The zero-order valence-corrected chi connectivity index (χ0v) is 24.0. The molecule has 0 atom stereocenters. The lowest BCUT2D eigenvalue weighted by molar-refractivity contribution is -0.452. The largest absolute Gasteiger partial charge is 0.543 e. The second-order valence-corrected chi connectivity index (χ2v) is 9.26. The minimum atomic E-state index is -1.12. The molecule has 0 amide bonds. The number of benzene rings is 2. The Morgan fingerprint density at radius 3 is 1.21 bits per heavy atom. The standard InChI is InChI=1S/C30H38O12/c1-3-11-23-13-17-25(18-14-23)27(31)37-41-39-29(33)35-21-9-7-5-6-8-10-22-36-30(34)40-42-38-28(32)26-19-15-24(12-4-2)16-20-26/h13-20H,3-12,21-22H2,1-2H3. The van der Waals surface area contributed by atoms with Crippen molar-refractivity contribution in [3.63, 3.8) is 0 Å². The molecule has 0 bridgehead atoms. The van der Waals surface area contributed by atoms with Crippen LogP contribution in [0.4, 0.5) is 9.59 Å². The highest BCUT2D eigenvalue weighted by Crippen LogP contribution is 2.10. The summed E-state index contributed by atoms with van der Waals surface area (Å²) in [5.41, 5.74) is 2.71. The summed E-state index contributed by atoms with van der Waals surface area (Å²) in [6, 6.07) is 13.6. The Labute approximate surface area is 244 Å². The topological polar surface area (TPSA) is 142 Å². The van der Waals surface area contributed by atoms with Crippen LogP contribution in [-0.4, -0.2) is 37.5 Å². The maximum atomic E-state index is 11.9. The van der Waals surface area contributed by atoms with Crippen molar-refractivity contribution < 1.29 is 58.3 Å². The Kier molecular flexibility index (Phi) is 16.8. The SMILES string of the molecule is CCCc1ccc(C(=O)OOOC(=O)OCCCCCCCCOC(=O)OOOC(=O)c2ccc(CCC)cc2)cc1. The van der Waals surface area contributed by atoms with Crippen LogP contribution < -0.4 is 0 Å². The van der Waals surface area contributed by atoms with Crippen LogP contribution in [0.5, 0.6) is 0 Å². The number of aryl methyl sites for hydroxylation is 2. The van der Waals surface area contributed by atoms with E-state index in [0.717, 1.165) is 62.5 Å². The van der Waals surface area contributed by atoms with Gasteiger partial charge in [0.15, 0.2) is 0 Å². The molecule has 0 N–H and O–H groups in total. The molecule has 42 heavy (non-hydrogen) atoms. The number of hydrogen-bond acceptors (Lipinski definition) is 12. The van der Waals surface area contributed by atoms with E-state index in [1.807, 2.05) is 24.3 Å². The van der Waals surface area contributed by atoms with Crippen molar-refractivity contribution in [2.24, 2.45) is 0 Å². The average Bonchev–Trinajstić information content (AvgIpc) is 2.99. The van der Waals surface area contributed by atoms with Gasteiger partial charge in [-0.3, -0.25) is 9.78 Å². The fraction of sp³-hybridized carbons (Fsp3) is 0.467. The second-order valence-electron chi connectivity index (χ2n) is 9.26. The van der Waals surface area contributed by atoms with Crippen LogP contribution in [0.1, 0.15) is 97.1 Å². The molecule has 2 aromatic carbocycles. The zero-order chi connectivity index (χ0) is 30.4. The van der Waals surface area contributed by atoms with Gasteiger partial charge in [-0.25, -0.2) is 29.0 Å². The molecule has 0 spiro atoms. The summed E-state index contributed by atoms with van der Waals surface area (Å²) in [6.45, 7) is 4.34. The number of unbranched alkanes of at least 4 members (excludes halogenated alkanes) is 5. The van der Waals surface area contributed by atoms with E-state index in [1.165, 1.54) is 0 Å². The van der Waals surface area contributed by atoms with Crippen LogP contribution >= 0.6 is 0 Å². The van der Waals surface area contributed by atoms with Gasteiger partial charge in [-0.05, 0) is 61.1 Å². The van der Waals surface area contributed by atoms with Crippen molar-refractivity contribution in [1.29, 1.82) is 0 Å². The van der Waals surface area contributed by atoms with E-state index in [2.05, 4.69) is 43.5 Å². The number of rotatable bonds is 19. The van der Waals surface area contributed by atoms with Gasteiger partial charge in [0.25, 0.3) is 0 Å². The van der Waals surface area contributed by atoms with Crippen LogP contribution in [0.15, 0.2) is 48.5 Å². The fourth-order valence-electron chi connectivity index (χ4n) is 3.71. The van der Waals surface area contributed by atoms with Crippen molar-refractivity contribution in [3.8, 4) is 0 Å². The summed E-state index contributed by atoms with van der Waals surface area (Å²) >= 11 is 0. The molecule has 0 saturated carbocycles. The van der Waals surface area contributed by atoms with Gasteiger partial charge >= 0.3 is 24.2 Å². The highest BCUT2D eigenvalue weighted by molar-refractivity contribution is 5.89. The smallest absolute Gasteiger partial charge is 0.432 e. The Balaban J connectivity index is 1.38. The lowest BCUT2D eigenvalue weighted by Crippen LogP contribution is -2.13. The van der Waals surface area contributed by atoms with Crippen LogP contribution in [0.25, 0.3) is 0 Å². The zero-order valence-electron chi connectivity index (χ0n) is 24.0. The van der Waals surface area contributed by atoms with Gasteiger partial charge in [-0.2, -0.15) is 0 Å². The molecule has 2 rings (SSSR count). The molecule has 2 aromatic rings. The summed E-state index contributed by atoms with van der Waals surface area (Å²) < 4.78 is 9.67. The number of carbonyl (C=O) groups is 4. The number of ether oxygens (including phenoxy) is 2. The van der Waals surface area contributed by atoms with Crippen molar-refractivity contribution >= 4 is 24.2 Å². The van der Waals surface area contributed by atoms with E-state index in [4.69, 9.17) is 9.47 Å². The van der Waals surface area contributed by atoms with Crippen LogP contribution in [0.3, 0.4) is 0 Å². The Hall–Kier alpha value is -4.16. The minimum Gasteiger partial charge on any atom is -0.432 e. The van der Waals surface area contributed by atoms with Crippen molar-refractivity contribution in [2.75, 3.05) is 13.2 Å². The van der Waals surface area contributed by atoms with E-state index >= 15 is 0 Å². The molecule has 0 radical (unpaired) electrons. The van der Waals surface area contributed by atoms with Crippen molar-refractivity contribution in [2.45, 2.75) is 78.1 Å². The van der Waals surface area contributed by atoms with Gasteiger partial charge in [0.05, 0.1) is 34.4 Å². The van der Waals surface area contributed by atoms with E-state index in [9.17, 15) is 19.2 Å². The van der Waals surface area contributed by atoms with Crippen LogP contribution in [-0.2, 0) is 51.9 Å². The molecule has 0 aromatic heterocycles. The Bertz CT molecular complexity index is 995. The summed E-state index contributed by atoms with van der Waals surface area (Å²) in [7, 11) is 0. The molecular weight excluding hydrogens is 552 g/mol. The predicted octanol–water partition coefficient (Wildman–Crippen LogP) is 6.95. The number of carbonyl (C=O) groups excluding carboxylic acids is 4. The first kappa shape index (κ1) is 34.0. The normalized spacial score (nSPS) is 10.4. The molecule has 0 unspecified atom stereocenters. The Morgan fingerprint density at radius 2 is 0.857 bits per heavy atom. The lowest BCUT2D eigenvalue weighted by Gasteiger charge is -2.06. The van der Waals surface area contributed by atoms with Gasteiger partial charge in [-0.1, -0.05) is 76.6 Å². The van der Waals surface area contributed by atoms with Gasteiger partial charge in [0.1, 0.15) is 0 Å². The van der Waals surface area contributed by atoms with Gasteiger partial charge in [0, 0.05) is 0 Å². The van der Waals surface area contributed by atoms with Gasteiger partial charge < -0.3 is 9.47 Å². The summed E-state index contributed by atoms with van der Waals surface area (Å²) in [5.74, 6) is -1.60. The van der Waals surface area contributed by atoms with E-state index in [-0.39, 0.29) is 24.3 Å². The third-order valence-corrected chi connectivity index (χ3v) is 5.86. The monoisotopic (exact) mass is 590 g/mol. The highest BCUT2D eigenvalue weighted by atomic mass is 17.5. The summed E-state index contributed by atoms with van der Waals surface area (Å²) in [4.78, 5) is 64.1. The summed E-state index contributed by atoms with van der Waals surface area (Å²) in [5, 5.41) is 8.40. The highest BCUT2D eigenvalue weighted by Gasteiger charge is 2.13. The maximum absolute atomic E-state index is 11.9. The fourth-order valence-corrected chi connectivity index (χ4v) is 3.71. The van der Waals surface area contributed by atoms with E-state index < -0.39 is 24.2 Å². The minimum absolute atomic E-state index is 0.110. The average molecular weight is 591 g/mol. The Morgan fingerprint density at radius 1 is 0.500 bits per heavy atom. The quantitative estimate of drug-likeness (QED) is 0.0723. The van der Waals surface area contributed by atoms with Gasteiger partial charge in [-0.15, -0.1) is 0 Å². The number of hydrogen-bond donors (Lipinski definition) is 0. The molecule has 12 nitrogen and oxygen atoms in total. The second kappa shape index (κ2) is 20.7. The third kappa shape index (κ3) is 14.5. The first-order valence-corrected chi connectivity index (χ1v) is 14.0. The first-order chi connectivity index (χ1) is 20.4. The van der Waals surface area contributed by atoms with Crippen LogP contribution in [0, 0.1) is 0 Å². The molecule has 0 heterocycles. The van der Waals surface area contributed by atoms with Crippen molar-refractivity contribution in [3.05, 3.63) is 70.8 Å². The third-order valence-electron chi connectivity index (χ3n) is 5.86. The van der Waals surface area contributed by atoms with Crippen LogP contribution in [0.2, 0.25) is 0 Å². The molecule has 0 aliphatic rings. The summed E-state index contributed by atoms with van der Waals surface area (Å²) in [6.07, 6.45) is 6.07. The van der Waals surface area contributed by atoms with Crippen molar-refractivity contribution in [1.82, 2.24) is 0 Å². The van der Waals surface area contributed by atoms with E-state index in [1.54, 1.807) is 24.3 Å². The molecule has 12 heteroatoms. The molecule has 230 valence electrons. The first-order valence-electron chi connectivity index (χ1n) is 14.0. The molecule has 0 saturated heterocycles. The molecule has 0 aliphatic carbocycles. The lowest BCUT2D eigenvalue weighted by atomic mass is 10.1. The maximum Gasteiger partial charge on any atom is 0.543 e. The van der Waals surface area contributed by atoms with Gasteiger partial charge in [0.2, 0.25) is 0 Å². The molecule has 0 aliphatic heterocycles. The molecular formula is C30H38O12. The van der Waals surface area contributed by atoms with E-state index in [0.29, 0.717) is 12.8 Å².